The SMILES string of the molecule is CCOc1ccc(Oc2cc(CNC(=O)CCc3ccc(OC)c(Br)c3)ccn2)cc1. The average Bonchev–Trinajstić information content (AvgIpc) is 2.78. The molecule has 0 aliphatic heterocycles. The van der Waals surface area contributed by atoms with Crippen molar-refractivity contribution in [2.75, 3.05) is 13.7 Å². The maximum absolute atomic E-state index is 12.3. The molecule has 2 aromatic carbocycles. The Morgan fingerprint density at radius 2 is 1.81 bits per heavy atom. The Morgan fingerprint density at radius 1 is 1.03 bits per heavy atom. The van der Waals surface area contributed by atoms with Gasteiger partial charge in [-0.15, -0.1) is 0 Å². The van der Waals surface area contributed by atoms with Crippen LogP contribution in [0.25, 0.3) is 0 Å². The van der Waals surface area contributed by atoms with E-state index in [9.17, 15) is 4.79 Å². The second-order valence-corrected chi connectivity index (χ2v) is 7.61. The maximum Gasteiger partial charge on any atom is 0.220 e. The Bertz CT molecular complexity index is 1010. The molecule has 1 amide bonds. The fourth-order valence-electron chi connectivity index (χ4n) is 2.92. The van der Waals surface area contributed by atoms with Crippen LogP contribution in [0.5, 0.6) is 23.1 Å². The summed E-state index contributed by atoms with van der Waals surface area (Å²) in [4.78, 5) is 16.5. The molecule has 1 aromatic heterocycles. The summed E-state index contributed by atoms with van der Waals surface area (Å²) in [5.41, 5.74) is 1.98. The van der Waals surface area contributed by atoms with Crippen molar-refractivity contribution in [1.82, 2.24) is 10.3 Å². The Balaban J connectivity index is 1.49. The van der Waals surface area contributed by atoms with Crippen LogP contribution in [-0.2, 0) is 17.8 Å². The van der Waals surface area contributed by atoms with Gasteiger partial charge in [0.25, 0.3) is 0 Å². The zero-order valence-corrected chi connectivity index (χ0v) is 19.1. The molecular formula is C24H25BrN2O4. The highest BCUT2D eigenvalue weighted by molar-refractivity contribution is 9.10. The number of pyridine rings is 1. The van der Waals surface area contributed by atoms with Crippen LogP contribution in [0, 0.1) is 0 Å². The smallest absolute Gasteiger partial charge is 0.220 e. The van der Waals surface area contributed by atoms with Crippen LogP contribution in [0.15, 0.2) is 65.3 Å². The molecule has 0 aliphatic rings. The Hall–Kier alpha value is -3.06. The number of hydrogen-bond acceptors (Lipinski definition) is 5. The standard InChI is InChI=1S/C24H25BrN2O4/c1-3-30-19-6-8-20(9-7-19)31-24-15-18(12-13-26-24)16-27-23(28)11-5-17-4-10-22(29-2)21(25)14-17/h4,6-10,12-15H,3,5,11,16H2,1-2H3,(H,27,28). The molecular weight excluding hydrogens is 460 g/mol. The van der Waals surface area contributed by atoms with Gasteiger partial charge in [-0.3, -0.25) is 4.79 Å². The Labute approximate surface area is 190 Å². The summed E-state index contributed by atoms with van der Waals surface area (Å²) in [7, 11) is 1.63. The lowest BCUT2D eigenvalue weighted by atomic mass is 10.1. The lowest BCUT2D eigenvalue weighted by Crippen LogP contribution is -2.23. The summed E-state index contributed by atoms with van der Waals surface area (Å²) >= 11 is 3.47. The number of ether oxygens (including phenoxy) is 3. The van der Waals surface area contributed by atoms with Crippen molar-refractivity contribution < 1.29 is 19.0 Å². The van der Waals surface area contributed by atoms with Gasteiger partial charge in [0.15, 0.2) is 0 Å². The van der Waals surface area contributed by atoms with Gasteiger partial charge in [-0.25, -0.2) is 4.98 Å². The molecule has 31 heavy (non-hydrogen) atoms. The predicted molar refractivity (Wildman–Crippen MR) is 123 cm³/mol. The highest BCUT2D eigenvalue weighted by Gasteiger charge is 2.07. The topological polar surface area (TPSA) is 69.7 Å². The van der Waals surface area contributed by atoms with Crippen molar-refractivity contribution in [1.29, 1.82) is 0 Å². The van der Waals surface area contributed by atoms with E-state index in [-0.39, 0.29) is 5.91 Å². The number of halogens is 1. The molecule has 0 bridgehead atoms. The number of nitrogens with zero attached hydrogens (tertiary/aromatic N) is 1. The van der Waals surface area contributed by atoms with Crippen molar-refractivity contribution in [2.24, 2.45) is 0 Å². The van der Waals surface area contributed by atoms with Crippen molar-refractivity contribution in [3.8, 4) is 23.1 Å². The first-order valence-corrected chi connectivity index (χ1v) is 10.8. The Kier molecular flexibility index (Phi) is 8.29. The zero-order valence-electron chi connectivity index (χ0n) is 17.6. The normalized spacial score (nSPS) is 10.4. The lowest BCUT2D eigenvalue weighted by molar-refractivity contribution is -0.121. The van der Waals surface area contributed by atoms with Crippen LogP contribution in [0.3, 0.4) is 0 Å². The fourth-order valence-corrected chi connectivity index (χ4v) is 3.51. The van der Waals surface area contributed by atoms with Crippen LogP contribution < -0.4 is 19.5 Å². The molecule has 0 spiro atoms. The number of rotatable bonds is 10. The summed E-state index contributed by atoms with van der Waals surface area (Å²) < 4.78 is 17.3. The van der Waals surface area contributed by atoms with Gasteiger partial charge in [0.1, 0.15) is 17.2 Å². The molecule has 0 radical (unpaired) electrons. The highest BCUT2D eigenvalue weighted by atomic mass is 79.9. The summed E-state index contributed by atoms with van der Waals surface area (Å²) in [6, 6.07) is 16.9. The number of methoxy groups -OCH3 is 1. The summed E-state index contributed by atoms with van der Waals surface area (Å²) in [5, 5.41) is 2.94. The van der Waals surface area contributed by atoms with E-state index in [0.717, 1.165) is 27.1 Å². The van der Waals surface area contributed by atoms with Gasteiger partial charge in [0.2, 0.25) is 11.8 Å². The van der Waals surface area contributed by atoms with Gasteiger partial charge in [-0.05, 0) is 82.9 Å². The van der Waals surface area contributed by atoms with Crippen LogP contribution in [0.4, 0.5) is 0 Å². The molecule has 162 valence electrons. The number of carbonyl (C=O) groups excluding carboxylic acids is 1. The predicted octanol–water partition coefficient (Wildman–Crippen LogP) is 5.29. The number of hydrogen-bond donors (Lipinski definition) is 1. The minimum Gasteiger partial charge on any atom is -0.496 e. The molecule has 0 unspecified atom stereocenters. The van der Waals surface area contributed by atoms with Crippen molar-refractivity contribution in [3.63, 3.8) is 0 Å². The first kappa shape index (κ1) is 22.6. The van der Waals surface area contributed by atoms with Crippen molar-refractivity contribution in [3.05, 3.63) is 76.4 Å². The molecule has 3 rings (SSSR count). The lowest BCUT2D eigenvalue weighted by Gasteiger charge is -2.09. The van der Waals surface area contributed by atoms with Crippen LogP contribution in [-0.4, -0.2) is 24.6 Å². The van der Waals surface area contributed by atoms with Crippen molar-refractivity contribution >= 4 is 21.8 Å². The van der Waals surface area contributed by atoms with Crippen LogP contribution in [0.2, 0.25) is 0 Å². The number of aromatic nitrogens is 1. The third-order valence-electron chi connectivity index (χ3n) is 4.50. The van der Waals surface area contributed by atoms with Gasteiger partial charge < -0.3 is 19.5 Å². The van der Waals surface area contributed by atoms with E-state index in [2.05, 4.69) is 26.2 Å². The molecule has 7 heteroatoms. The zero-order chi connectivity index (χ0) is 22.1. The molecule has 0 atom stereocenters. The van der Waals surface area contributed by atoms with Crippen molar-refractivity contribution in [2.45, 2.75) is 26.3 Å². The van der Waals surface area contributed by atoms with Crippen LogP contribution in [0.1, 0.15) is 24.5 Å². The summed E-state index contributed by atoms with van der Waals surface area (Å²) in [6.45, 7) is 2.97. The van der Waals surface area contributed by atoms with Gasteiger partial charge in [-0.1, -0.05) is 6.07 Å². The molecule has 0 saturated heterocycles. The van der Waals surface area contributed by atoms with Gasteiger partial charge in [0.05, 0.1) is 18.2 Å². The second-order valence-electron chi connectivity index (χ2n) is 6.75. The minimum atomic E-state index is -0.0160. The van der Waals surface area contributed by atoms with E-state index in [0.29, 0.717) is 37.6 Å². The number of nitrogens with one attached hydrogen (secondary N) is 1. The van der Waals surface area contributed by atoms with Crippen LogP contribution >= 0.6 is 15.9 Å². The van der Waals surface area contributed by atoms with E-state index in [4.69, 9.17) is 14.2 Å². The van der Waals surface area contributed by atoms with Gasteiger partial charge in [0, 0.05) is 25.2 Å². The monoisotopic (exact) mass is 484 g/mol. The molecule has 0 aliphatic carbocycles. The number of aryl methyl sites for hydroxylation is 1. The first-order chi connectivity index (χ1) is 15.1. The highest BCUT2D eigenvalue weighted by Crippen LogP contribution is 2.26. The molecule has 0 saturated carbocycles. The molecule has 1 heterocycles. The third kappa shape index (κ3) is 7.00. The third-order valence-corrected chi connectivity index (χ3v) is 5.12. The maximum atomic E-state index is 12.3. The minimum absolute atomic E-state index is 0.0160. The largest absolute Gasteiger partial charge is 0.496 e. The average molecular weight is 485 g/mol. The van der Waals surface area contributed by atoms with E-state index in [1.165, 1.54) is 0 Å². The number of benzene rings is 2. The second kappa shape index (κ2) is 11.4. The molecule has 1 N–H and O–H groups in total. The van der Waals surface area contributed by atoms with E-state index >= 15 is 0 Å². The molecule has 6 nitrogen and oxygen atoms in total. The summed E-state index contributed by atoms with van der Waals surface area (Å²) in [5.74, 6) is 2.69. The van der Waals surface area contributed by atoms with E-state index < -0.39 is 0 Å². The number of amides is 1. The van der Waals surface area contributed by atoms with E-state index in [1.807, 2.05) is 61.5 Å². The van der Waals surface area contributed by atoms with E-state index in [1.54, 1.807) is 13.3 Å². The molecule has 3 aromatic rings. The molecule has 0 fully saturated rings. The quantitative estimate of drug-likeness (QED) is 0.423. The summed E-state index contributed by atoms with van der Waals surface area (Å²) in [6.07, 6.45) is 2.72. The van der Waals surface area contributed by atoms with Gasteiger partial charge >= 0.3 is 0 Å². The van der Waals surface area contributed by atoms with Gasteiger partial charge in [-0.2, -0.15) is 0 Å². The first-order valence-electron chi connectivity index (χ1n) is 10.0. The number of carbonyl (C=O) groups is 1. The fraction of sp³-hybridized carbons (Fsp3) is 0.250. The Morgan fingerprint density at radius 3 is 2.52 bits per heavy atom.